The first-order valence-electron chi connectivity index (χ1n) is 6.99. The van der Waals surface area contributed by atoms with Crippen LogP contribution in [0.2, 0.25) is 0 Å². The SMILES string of the molecule is CCCCOCCC(CO)(CO)C1CCS(=O)(=O)C1. The van der Waals surface area contributed by atoms with Gasteiger partial charge in [0.1, 0.15) is 0 Å². The number of aliphatic hydroxyl groups is 2. The van der Waals surface area contributed by atoms with Gasteiger partial charge in [0.05, 0.1) is 24.7 Å². The number of aliphatic hydroxyl groups excluding tert-OH is 2. The van der Waals surface area contributed by atoms with Gasteiger partial charge in [-0.1, -0.05) is 13.3 Å². The van der Waals surface area contributed by atoms with Gasteiger partial charge in [0, 0.05) is 18.6 Å². The summed E-state index contributed by atoms with van der Waals surface area (Å²) in [6.07, 6.45) is 3.08. The maximum absolute atomic E-state index is 11.5. The summed E-state index contributed by atoms with van der Waals surface area (Å²) in [4.78, 5) is 0. The minimum Gasteiger partial charge on any atom is -0.396 e. The van der Waals surface area contributed by atoms with Gasteiger partial charge >= 0.3 is 0 Å². The molecule has 0 spiro atoms. The van der Waals surface area contributed by atoms with Crippen LogP contribution < -0.4 is 0 Å². The molecule has 1 fully saturated rings. The normalized spacial score (nSPS) is 22.8. The highest BCUT2D eigenvalue weighted by Crippen LogP contribution is 2.38. The average molecular weight is 294 g/mol. The van der Waals surface area contributed by atoms with Crippen molar-refractivity contribution in [2.24, 2.45) is 11.3 Å². The van der Waals surface area contributed by atoms with Gasteiger partial charge in [0.2, 0.25) is 0 Å². The van der Waals surface area contributed by atoms with Gasteiger partial charge in [0.25, 0.3) is 0 Å². The summed E-state index contributed by atoms with van der Waals surface area (Å²) in [6, 6.07) is 0. The van der Waals surface area contributed by atoms with Crippen LogP contribution in [0.5, 0.6) is 0 Å². The Hall–Kier alpha value is -0.170. The van der Waals surface area contributed by atoms with Crippen LogP contribution in [-0.4, -0.2) is 56.6 Å². The van der Waals surface area contributed by atoms with Gasteiger partial charge < -0.3 is 14.9 Å². The van der Waals surface area contributed by atoms with E-state index in [1.165, 1.54) is 0 Å². The van der Waals surface area contributed by atoms with Crippen LogP contribution >= 0.6 is 0 Å². The molecule has 0 aromatic carbocycles. The van der Waals surface area contributed by atoms with E-state index in [0.29, 0.717) is 26.1 Å². The standard InChI is InChI=1S/C13H26O5S/c1-2-3-6-18-7-5-13(10-14,11-15)12-4-8-19(16,17)9-12/h12,14-15H,2-11H2,1H3. The molecule has 0 bridgehead atoms. The van der Waals surface area contributed by atoms with Gasteiger partial charge in [-0.3, -0.25) is 0 Å². The molecule has 19 heavy (non-hydrogen) atoms. The van der Waals surface area contributed by atoms with Gasteiger partial charge in [0.15, 0.2) is 9.84 Å². The highest BCUT2D eigenvalue weighted by atomic mass is 32.2. The lowest BCUT2D eigenvalue weighted by atomic mass is 9.74. The van der Waals surface area contributed by atoms with E-state index in [1.54, 1.807) is 0 Å². The van der Waals surface area contributed by atoms with E-state index in [0.717, 1.165) is 12.8 Å². The molecule has 0 saturated carbocycles. The second-order valence-electron chi connectivity index (χ2n) is 5.49. The van der Waals surface area contributed by atoms with Gasteiger partial charge in [-0.25, -0.2) is 8.42 Å². The maximum atomic E-state index is 11.5. The second-order valence-corrected chi connectivity index (χ2v) is 7.72. The van der Waals surface area contributed by atoms with Gasteiger partial charge in [-0.05, 0) is 25.2 Å². The van der Waals surface area contributed by atoms with Crippen LogP contribution in [0.3, 0.4) is 0 Å². The third kappa shape index (κ3) is 4.70. The zero-order chi connectivity index (χ0) is 14.4. The van der Waals surface area contributed by atoms with Gasteiger partial charge in [-0.2, -0.15) is 0 Å². The summed E-state index contributed by atoms with van der Waals surface area (Å²) in [7, 11) is -3.00. The van der Waals surface area contributed by atoms with E-state index in [2.05, 4.69) is 6.92 Å². The topological polar surface area (TPSA) is 83.8 Å². The fourth-order valence-electron chi connectivity index (χ4n) is 2.57. The lowest BCUT2D eigenvalue weighted by molar-refractivity contribution is -0.0185. The first-order valence-corrected chi connectivity index (χ1v) is 8.81. The van der Waals surface area contributed by atoms with E-state index in [9.17, 15) is 18.6 Å². The molecule has 114 valence electrons. The van der Waals surface area contributed by atoms with Crippen molar-refractivity contribution in [3.8, 4) is 0 Å². The summed E-state index contributed by atoms with van der Waals surface area (Å²) >= 11 is 0. The summed E-state index contributed by atoms with van der Waals surface area (Å²) in [6.45, 7) is 2.82. The Balaban J connectivity index is 2.54. The zero-order valence-electron chi connectivity index (χ0n) is 11.7. The van der Waals surface area contributed by atoms with Crippen molar-refractivity contribution in [3.63, 3.8) is 0 Å². The van der Waals surface area contributed by atoms with Crippen molar-refractivity contribution in [1.82, 2.24) is 0 Å². The molecule has 1 heterocycles. The molecule has 0 aliphatic carbocycles. The van der Waals surface area contributed by atoms with Crippen molar-refractivity contribution in [2.45, 2.75) is 32.6 Å². The Labute approximate surface area is 115 Å². The molecule has 1 unspecified atom stereocenters. The molecule has 0 radical (unpaired) electrons. The van der Waals surface area contributed by atoms with Crippen LogP contribution in [0.4, 0.5) is 0 Å². The Kier molecular flexibility index (Phi) is 6.73. The number of ether oxygens (including phenoxy) is 1. The van der Waals surface area contributed by atoms with Crippen LogP contribution in [0.1, 0.15) is 32.6 Å². The number of unbranched alkanes of at least 4 members (excludes halogenated alkanes) is 1. The maximum Gasteiger partial charge on any atom is 0.150 e. The first-order chi connectivity index (χ1) is 8.99. The van der Waals surface area contributed by atoms with Crippen molar-refractivity contribution in [3.05, 3.63) is 0 Å². The smallest absolute Gasteiger partial charge is 0.150 e. The summed E-state index contributed by atoms with van der Waals surface area (Å²) < 4.78 is 28.6. The minimum atomic E-state index is -3.00. The molecular formula is C13H26O5S. The molecule has 1 atom stereocenters. The molecule has 1 rings (SSSR count). The van der Waals surface area contributed by atoms with Crippen molar-refractivity contribution >= 4 is 9.84 Å². The third-order valence-electron chi connectivity index (χ3n) is 4.11. The Bertz CT molecular complexity index is 348. The van der Waals surface area contributed by atoms with E-state index < -0.39 is 15.3 Å². The van der Waals surface area contributed by atoms with Crippen LogP contribution in [0, 0.1) is 11.3 Å². The van der Waals surface area contributed by atoms with Crippen LogP contribution in [0.25, 0.3) is 0 Å². The number of sulfone groups is 1. The molecular weight excluding hydrogens is 268 g/mol. The van der Waals surface area contributed by atoms with Crippen molar-refractivity contribution < 1.29 is 23.4 Å². The summed E-state index contributed by atoms with van der Waals surface area (Å²) in [5.74, 6) is 0.0707. The Morgan fingerprint density at radius 1 is 1.26 bits per heavy atom. The molecule has 0 amide bonds. The number of hydrogen-bond donors (Lipinski definition) is 2. The fourth-order valence-corrected chi connectivity index (χ4v) is 4.52. The van der Waals surface area contributed by atoms with E-state index >= 15 is 0 Å². The zero-order valence-corrected chi connectivity index (χ0v) is 12.5. The molecule has 2 N–H and O–H groups in total. The second kappa shape index (κ2) is 7.57. The quantitative estimate of drug-likeness (QED) is 0.608. The van der Waals surface area contributed by atoms with Crippen LogP contribution in [0.15, 0.2) is 0 Å². The lowest BCUT2D eigenvalue weighted by Crippen LogP contribution is -2.40. The Morgan fingerprint density at radius 3 is 2.42 bits per heavy atom. The molecule has 1 saturated heterocycles. The molecule has 0 aromatic heterocycles. The van der Waals surface area contributed by atoms with Crippen LogP contribution in [-0.2, 0) is 14.6 Å². The first kappa shape index (κ1) is 16.9. The highest BCUT2D eigenvalue weighted by molar-refractivity contribution is 7.91. The predicted molar refractivity (Wildman–Crippen MR) is 73.7 cm³/mol. The van der Waals surface area contributed by atoms with Crippen molar-refractivity contribution in [1.29, 1.82) is 0 Å². The molecule has 0 aromatic rings. The predicted octanol–water partition coefficient (Wildman–Crippen LogP) is 0.599. The van der Waals surface area contributed by atoms with Gasteiger partial charge in [-0.15, -0.1) is 0 Å². The monoisotopic (exact) mass is 294 g/mol. The number of rotatable bonds is 9. The van der Waals surface area contributed by atoms with E-state index in [4.69, 9.17) is 4.74 Å². The largest absolute Gasteiger partial charge is 0.396 e. The summed E-state index contributed by atoms with van der Waals surface area (Å²) in [5, 5.41) is 19.2. The molecule has 6 heteroatoms. The molecule has 1 aliphatic heterocycles. The number of hydrogen-bond acceptors (Lipinski definition) is 5. The lowest BCUT2D eigenvalue weighted by Gasteiger charge is -2.35. The van der Waals surface area contributed by atoms with E-state index in [1.807, 2.05) is 0 Å². The molecule has 5 nitrogen and oxygen atoms in total. The average Bonchev–Trinajstić information content (AvgIpc) is 2.75. The third-order valence-corrected chi connectivity index (χ3v) is 5.88. The van der Waals surface area contributed by atoms with Crippen molar-refractivity contribution in [2.75, 3.05) is 37.9 Å². The Morgan fingerprint density at radius 2 is 1.95 bits per heavy atom. The molecule has 1 aliphatic rings. The summed E-state index contributed by atoms with van der Waals surface area (Å²) in [5.41, 5.74) is -0.726. The highest BCUT2D eigenvalue weighted by Gasteiger charge is 2.43. The minimum absolute atomic E-state index is 0.0725. The van der Waals surface area contributed by atoms with E-state index in [-0.39, 0.29) is 30.6 Å². The fraction of sp³-hybridized carbons (Fsp3) is 1.00.